The fraction of sp³-hybridized carbons (Fsp3) is 0.353. The Morgan fingerprint density at radius 2 is 1.92 bits per heavy atom. The number of hydrogen-bond donors (Lipinski definition) is 2. The van der Waals surface area contributed by atoms with Crippen molar-refractivity contribution in [1.82, 2.24) is 9.29 Å². The highest BCUT2D eigenvalue weighted by Crippen LogP contribution is 2.26. The molecule has 2 aromatic rings. The molecular formula is C17H21N3O3S. The Hall–Kier alpha value is -2.12. The lowest BCUT2D eigenvalue weighted by molar-refractivity contribution is 0.102. The molecule has 7 heteroatoms. The Kier molecular flexibility index (Phi) is 4.73. The molecule has 0 unspecified atom stereocenters. The number of sulfonamides is 1. The van der Waals surface area contributed by atoms with Gasteiger partial charge in [-0.25, -0.2) is 8.42 Å². The average molecular weight is 347 g/mol. The summed E-state index contributed by atoms with van der Waals surface area (Å²) in [5.74, 6) is -0.301. The third-order valence-electron chi connectivity index (χ3n) is 4.22. The van der Waals surface area contributed by atoms with Crippen LogP contribution in [0.3, 0.4) is 0 Å². The number of piperidine rings is 1. The van der Waals surface area contributed by atoms with Gasteiger partial charge in [0.05, 0.1) is 4.90 Å². The largest absolute Gasteiger partial charge is 0.357 e. The highest BCUT2D eigenvalue weighted by atomic mass is 32.2. The van der Waals surface area contributed by atoms with E-state index < -0.39 is 10.0 Å². The van der Waals surface area contributed by atoms with Gasteiger partial charge < -0.3 is 10.3 Å². The van der Waals surface area contributed by atoms with Crippen molar-refractivity contribution < 1.29 is 13.2 Å². The van der Waals surface area contributed by atoms with E-state index in [2.05, 4.69) is 10.3 Å². The second kappa shape index (κ2) is 6.78. The van der Waals surface area contributed by atoms with E-state index in [1.165, 1.54) is 4.31 Å². The highest BCUT2D eigenvalue weighted by molar-refractivity contribution is 7.89. The van der Waals surface area contributed by atoms with Crippen LogP contribution in [0.25, 0.3) is 0 Å². The first-order valence-corrected chi connectivity index (χ1v) is 9.48. The second-order valence-electron chi connectivity index (χ2n) is 5.98. The van der Waals surface area contributed by atoms with Gasteiger partial charge in [-0.3, -0.25) is 4.79 Å². The SMILES string of the molecule is Cc1ccc(NC(=O)c2ccc[nH]2)cc1S(=O)(=O)N1CCCCC1. The van der Waals surface area contributed by atoms with Crippen molar-refractivity contribution in [3.8, 4) is 0 Å². The molecule has 0 radical (unpaired) electrons. The van der Waals surface area contributed by atoms with E-state index in [4.69, 9.17) is 0 Å². The summed E-state index contributed by atoms with van der Waals surface area (Å²) in [7, 11) is -3.53. The Labute approximate surface area is 141 Å². The van der Waals surface area contributed by atoms with Gasteiger partial charge in [-0.15, -0.1) is 0 Å². The number of aromatic amines is 1. The van der Waals surface area contributed by atoms with Gasteiger partial charge in [-0.1, -0.05) is 12.5 Å². The number of anilines is 1. The number of benzene rings is 1. The van der Waals surface area contributed by atoms with Crippen LogP contribution >= 0.6 is 0 Å². The molecule has 0 bridgehead atoms. The third kappa shape index (κ3) is 3.37. The Balaban J connectivity index is 1.87. The van der Waals surface area contributed by atoms with Gasteiger partial charge in [0, 0.05) is 25.0 Å². The van der Waals surface area contributed by atoms with E-state index in [0.717, 1.165) is 19.3 Å². The maximum atomic E-state index is 12.9. The molecule has 3 rings (SSSR count). The molecule has 0 atom stereocenters. The molecule has 1 amide bonds. The quantitative estimate of drug-likeness (QED) is 0.892. The van der Waals surface area contributed by atoms with Gasteiger partial charge in [0.25, 0.3) is 5.91 Å². The fourth-order valence-electron chi connectivity index (χ4n) is 2.87. The van der Waals surface area contributed by atoms with Gasteiger partial charge >= 0.3 is 0 Å². The predicted molar refractivity (Wildman–Crippen MR) is 92.5 cm³/mol. The number of amides is 1. The summed E-state index contributed by atoms with van der Waals surface area (Å²) >= 11 is 0. The van der Waals surface area contributed by atoms with E-state index in [9.17, 15) is 13.2 Å². The fourth-order valence-corrected chi connectivity index (χ4v) is 4.64. The van der Waals surface area contributed by atoms with Crippen molar-refractivity contribution in [2.45, 2.75) is 31.1 Å². The van der Waals surface area contributed by atoms with Crippen molar-refractivity contribution in [1.29, 1.82) is 0 Å². The molecule has 1 fully saturated rings. The van der Waals surface area contributed by atoms with Gasteiger partial charge in [0.1, 0.15) is 5.69 Å². The zero-order valence-electron chi connectivity index (χ0n) is 13.6. The molecule has 0 saturated carbocycles. The molecule has 1 aliphatic rings. The van der Waals surface area contributed by atoms with E-state index in [-0.39, 0.29) is 10.8 Å². The van der Waals surface area contributed by atoms with E-state index in [1.54, 1.807) is 43.5 Å². The summed E-state index contributed by atoms with van der Waals surface area (Å²) in [6, 6.07) is 8.37. The van der Waals surface area contributed by atoms with E-state index >= 15 is 0 Å². The minimum absolute atomic E-state index is 0.258. The van der Waals surface area contributed by atoms with E-state index in [1.807, 2.05) is 0 Å². The van der Waals surface area contributed by atoms with Crippen LogP contribution in [0.2, 0.25) is 0 Å². The summed E-state index contributed by atoms with van der Waals surface area (Å²) in [4.78, 5) is 15.2. The lowest BCUT2D eigenvalue weighted by Gasteiger charge is -2.26. The zero-order chi connectivity index (χ0) is 17.2. The molecule has 6 nitrogen and oxygen atoms in total. The van der Waals surface area contributed by atoms with Gasteiger partial charge in [0.2, 0.25) is 10.0 Å². The molecule has 24 heavy (non-hydrogen) atoms. The Morgan fingerprint density at radius 3 is 2.58 bits per heavy atom. The van der Waals surface area contributed by atoms with Crippen molar-refractivity contribution in [3.05, 3.63) is 47.8 Å². The molecule has 1 aromatic carbocycles. The summed E-state index contributed by atoms with van der Waals surface area (Å²) < 4.78 is 27.3. The van der Waals surface area contributed by atoms with Crippen molar-refractivity contribution in [3.63, 3.8) is 0 Å². The molecule has 2 heterocycles. The maximum absolute atomic E-state index is 12.9. The number of nitrogens with one attached hydrogen (secondary N) is 2. The third-order valence-corrected chi connectivity index (χ3v) is 6.26. The molecule has 0 spiro atoms. The molecule has 2 N–H and O–H groups in total. The lowest BCUT2D eigenvalue weighted by atomic mass is 10.2. The number of carbonyl (C=O) groups is 1. The zero-order valence-corrected chi connectivity index (χ0v) is 14.4. The molecule has 0 aliphatic carbocycles. The number of H-pyrrole nitrogens is 1. The minimum Gasteiger partial charge on any atom is -0.357 e. The first-order chi connectivity index (χ1) is 11.5. The molecule has 128 valence electrons. The topological polar surface area (TPSA) is 82.3 Å². The predicted octanol–water partition coefficient (Wildman–Crippen LogP) is 2.75. The van der Waals surface area contributed by atoms with Crippen LogP contribution in [0.1, 0.15) is 35.3 Å². The molecular weight excluding hydrogens is 326 g/mol. The average Bonchev–Trinajstić information content (AvgIpc) is 3.12. The maximum Gasteiger partial charge on any atom is 0.272 e. The van der Waals surface area contributed by atoms with Gasteiger partial charge in [0.15, 0.2) is 0 Å². The van der Waals surface area contributed by atoms with Crippen LogP contribution in [-0.4, -0.2) is 36.7 Å². The van der Waals surface area contributed by atoms with Gasteiger partial charge in [-0.2, -0.15) is 4.31 Å². The molecule has 1 aliphatic heterocycles. The van der Waals surface area contributed by atoms with E-state index in [0.29, 0.717) is 30.0 Å². The monoisotopic (exact) mass is 347 g/mol. The number of aromatic nitrogens is 1. The smallest absolute Gasteiger partial charge is 0.272 e. The van der Waals surface area contributed by atoms with Crippen LogP contribution in [0.4, 0.5) is 5.69 Å². The van der Waals surface area contributed by atoms with Crippen molar-refractivity contribution >= 4 is 21.6 Å². The number of rotatable bonds is 4. The summed E-state index contributed by atoms with van der Waals surface area (Å²) in [6.07, 6.45) is 4.51. The number of hydrogen-bond acceptors (Lipinski definition) is 3. The summed E-state index contributed by atoms with van der Waals surface area (Å²) in [6.45, 7) is 2.88. The molecule has 1 saturated heterocycles. The van der Waals surface area contributed by atoms with Crippen LogP contribution in [0.5, 0.6) is 0 Å². The van der Waals surface area contributed by atoms with Crippen LogP contribution in [0.15, 0.2) is 41.4 Å². The lowest BCUT2D eigenvalue weighted by Crippen LogP contribution is -2.36. The number of aryl methyl sites for hydroxylation is 1. The standard InChI is InChI=1S/C17H21N3O3S/c1-13-7-8-14(19-17(21)15-6-5-9-18-15)12-16(13)24(22,23)20-10-3-2-4-11-20/h5-9,12,18H,2-4,10-11H2,1H3,(H,19,21). The first-order valence-electron chi connectivity index (χ1n) is 8.04. The van der Waals surface area contributed by atoms with Gasteiger partial charge in [-0.05, 0) is 49.6 Å². The minimum atomic E-state index is -3.53. The summed E-state index contributed by atoms with van der Waals surface area (Å²) in [5.41, 5.74) is 1.57. The number of carbonyl (C=O) groups excluding carboxylic acids is 1. The normalized spacial score (nSPS) is 16.0. The van der Waals surface area contributed by atoms with Crippen LogP contribution < -0.4 is 5.32 Å². The van der Waals surface area contributed by atoms with Crippen LogP contribution in [-0.2, 0) is 10.0 Å². The van der Waals surface area contributed by atoms with Crippen molar-refractivity contribution in [2.75, 3.05) is 18.4 Å². The Morgan fingerprint density at radius 1 is 1.17 bits per heavy atom. The Bertz CT molecular complexity index is 823. The second-order valence-corrected chi connectivity index (χ2v) is 7.89. The van der Waals surface area contributed by atoms with Crippen LogP contribution in [0, 0.1) is 6.92 Å². The summed E-state index contributed by atoms with van der Waals surface area (Å²) in [5, 5.41) is 2.73. The van der Waals surface area contributed by atoms with Crippen molar-refractivity contribution in [2.24, 2.45) is 0 Å². The molecule has 1 aromatic heterocycles. The number of nitrogens with zero attached hydrogens (tertiary/aromatic N) is 1. The first kappa shape index (κ1) is 16.7. The highest BCUT2D eigenvalue weighted by Gasteiger charge is 2.27.